The van der Waals surface area contributed by atoms with Gasteiger partial charge in [-0.1, -0.05) is 43.0 Å². The molecule has 0 heterocycles. The van der Waals surface area contributed by atoms with Gasteiger partial charge in [0.15, 0.2) is 6.10 Å². The minimum absolute atomic E-state index is 0.297. The molecular weight excluding hydrogens is 302 g/mol. The third-order valence-electron chi connectivity index (χ3n) is 3.99. The highest BCUT2D eigenvalue weighted by molar-refractivity contribution is 6.33. The van der Waals surface area contributed by atoms with E-state index in [9.17, 15) is 9.59 Å². The monoisotopic (exact) mass is 323 g/mol. The predicted molar refractivity (Wildman–Crippen MR) is 86.8 cm³/mol. The van der Waals surface area contributed by atoms with Crippen molar-refractivity contribution in [1.29, 1.82) is 0 Å². The maximum absolute atomic E-state index is 12.0. The number of para-hydroxylation sites is 1. The van der Waals surface area contributed by atoms with Gasteiger partial charge in [0.1, 0.15) is 0 Å². The van der Waals surface area contributed by atoms with E-state index in [2.05, 4.69) is 5.32 Å². The van der Waals surface area contributed by atoms with Crippen LogP contribution in [0.15, 0.2) is 24.3 Å². The first kappa shape index (κ1) is 16.8. The summed E-state index contributed by atoms with van der Waals surface area (Å²) >= 11 is 5.99. The van der Waals surface area contributed by atoms with Gasteiger partial charge in [0.2, 0.25) is 0 Å². The minimum atomic E-state index is -0.827. The molecule has 1 aromatic carbocycles. The lowest BCUT2D eigenvalue weighted by Gasteiger charge is -2.21. The second-order valence-corrected chi connectivity index (χ2v) is 6.22. The smallest absolute Gasteiger partial charge is 0.306 e. The quantitative estimate of drug-likeness (QED) is 0.827. The molecule has 120 valence electrons. The van der Waals surface area contributed by atoms with E-state index in [1.54, 1.807) is 31.2 Å². The average Bonchev–Trinajstić information content (AvgIpc) is 2.50. The van der Waals surface area contributed by atoms with E-state index in [0.29, 0.717) is 23.0 Å². The van der Waals surface area contributed by atoms with Gasteiger partial charge in [-0.25, -0.2) is 0 Å². The van der Waals surface area contributed by atoms with Crippen molar-refractivity contribution in [3.05, 3.63) is 29.3 Å². The Morgan fingerprint density at radius 3 is 2.64 bits per heavy atom. The highest BCUT2D eigenvalue weighted by atomic mass is 35.5. The van der Waals surface area contributed by atoms with Crippen LogP contribution in [0.25, 0.3) is 0 Å². The molecule has 0 radical (unpaired) electrons. The normalized spacial score (nSPS) is 16.8. The zero-order valence-electron chi connectivity index (χ0n) is 12.8. The van der Waals surface area contributed by atoms with Crippen LogP contribution in [0.2, 0.25) is 5.02 Å². The van der Waals surface area contributed by atoms with Crippen molar-refractivity contribution >= 4 is 29.2 Å². The molecule has 1 unspecified atom stereocenters. The van der Waals surface area contributed by atoms with Gasteiger partial charge >= 0.3 is 5.97 Å². The van der Waals surface area contributed by atoms with Crippen molar-refractivity contribution in [3.8, 4) is 0 Å². The number of halogens is 1. The highest BCUT2D eigenvalue weighted by Crippen LogP contribution is 2.26. The fraction of sp³-hybridized carbons (Fsp3) is 0.529. The van der Waals surface area contributed by atoms with E-state index in [0.717, 1.165) is 12.8 Å². The predicted octanol–water partition coefficient (Wildman–Crippen LogP) is 4.18. The molecule has 1 aromatic rings. The van der Waals surface area contributed by atoms with Crippen LogP contribution in [-0.4, -0.2) is 18.0 Å². The Balaban J connectivity index is 1.80. The number of nitrogens with one attached hydrogen (secondary N) is 1. The minimum Gasteiger partial charge on any atom is -0.453 e. The Morgan fingerprint density at radius 1 is 1.27 bits per heavy atom. The first-order valence-electron chi connectivity index (χ1n) is 7.81. The van der Waals surface area contributed by atoms with E-state index in [-0.39, 0.29) is 11.9 Å². The topological polar surface area (TPSA) is 55.4 Å². The van der Waals surface area contributed by atoms with E-state index < -0.39 is 6.10 Å². The second kappa shape index (κ2) is 8.18. The standard InChI is InChI=1S/C17H22ClNO3/c1-12(17(21)19-15-10-6-5-9-14(15)18)22-16(20)11-13-7-3-2-4-8-13/h5-6,9-10,12-13H,2-4,7-8,11H2,1H3,(H,19,21). The highest BCUT2D eigenvalue weighted by Gasteiger charge is 2.22. The van der Waals surface area contributed by atoms with Crippen LogP contribution in [0.4, 0.5) is 5.69 Å². The third-order valence-corrected chi connectivity index (χ3v) is 4.32. The van der Waals surface area contributed by atoms with E-state index in [1.807, 2.05) is 0 Å². The Morgan fingerprint density at radius 2 is 1.95 bits per heavy atom. The molecule has 0 saturated heterocycles. The van der Waals surface area contributed by atoms with Gasteiger partial charge in [-0.05, 0) is 37.8 Å². The molecule has 5 heteroatoms. The molecule has 0 bridgehead atoms. The molecule has 0 aliphatic heterocycles. The van der Waals surface area contributed by atoms with Gasteiger partial charge in [-0.2, -0.15) is 0 Å². The van der Waals surface area contributed by atoms with Gasteiger partial charge in [0, 0.05) is 6.42 Å². The van der Waals surface area contributed by atoms with Crippen molar-refractivity contribution in [2.45, 2.75) is 51.6 Å². The summed E-state index contributed by atoms with van der Waals surface area (Å²) < 4.78 is 5.23. The number of hydrogen-bond acceptors (Lipinski definition) is 3. The second-order valence-electron chi connectivity index (χ2n) is 5.81. The molecule has 0 aromatic heterocycles. The molecule has 1 aliphatic carbocycles. The molecule has 0 spiro atoms. The van der Waals surface area contributed by atoms with Crippen LogP contribution in [0.1, 0.15) is 45.4 Å². The fourth-order valence-electron chi connectivity index (χ4n) is 2.72. The fourth-order valence-corrected chi connectivity index (χ4v) is 2.91. The van der Waals surface area contributed by atoms with Crippen molar-refractivity contribution in [3.63, 3.8) is 0 Å². The number of rotatable bonds is 5. The van der Waals surface area contributed by atoms with Crippen LogP contribution in [-0.2, 0) is 14.3 Å². The maximum atomic E-state index is 12.0. The van der Waals surface area contributed by atoms with Crippen molar-refractivity contribution in [2.24, 2.45) is 5.92 Å². The first-order chi connectivity index (χ1) is 10.6. The van der Waals surface area contributed by atoms with Crippen LogP contribution in [0.5, 0.6) is 0 Å². The largest absolute Gasteiger partial charge is 0.453 e. The lowest BCUT2D eigenvalue weighted by Crippen LogP contribution is -2.30. The van der Waals surface area contributed by atoms with Crippen LogP contribution < -0.4 is 5.32 Å². The Kier molecular flexibility index (Phi) is 6.25. The van der Waals surface area contributed by atoms with Gasteiger partial charge in [0.25, 0.3) is 5.91 Å². The molecule has 1 saturated carbocycles. The number of benzene rings is 1. The van der Waals surface area contributed by atoms with Gasteiger partial charge < -0.3 is 10.1 Å². The molecule has 1 aliphatic rings. The summed E-state index contributed by atoms with van der Waals surface area (Å²) in [5.41, 5.74) is 0.518. The van der Waals surface area contributed by atoms with Crippen LogP contribution in [0, 0.1) is 5.92 Å². The zero-order chi connectivity index (χ0) is 15.9. The Labute approximate surface area is 136 Å². The molecular formula is C17H22ClNO3. The molecule has 2 rings (SSSR count). The van der Waals surface area contributed by atoms with E-state index in [4.69, 9.17) is 16.3 Å². The molecule has 1 fully saturated rings. The SMILES string of the molecule is CC(OC(=O)CC1CCCCC1)C(=O)Nc1ccccc1Cl. The molecule has 1 atom stereocenters. The number of carbonyl (C=O) groups is 2. The maximum Gasteiger partial charge on any atom is 0.306 e. The summed E-state index contributed by atoms with van der Waals surface area (Å²) in [4.78, 5) is 24.0. The Hall–Kier alpha value is -1.55. The summed E-state index contributed by atoms with van der Waals surface area (Å²) in [6.45, 7) is 1.57. The van der Waals surface area contributed by atoms with Crippen LogP contribution >= 0.6 is 11.6 Å². The molecule has 1 amide bonds. The lowest BCUT2D eigenvalue weighted by atomic mass is 9.87. The summed E-state index contributed by atoms with van der Waals surface area (Å²) in [6, 6.07) is 6.96. The van der Waals surface area contributed by atoms with Gasteiger partial charge in [0.05, 0.1) is 10.7 Å². The van der Waals surface area contributed by atoms with Gasteiger partial charge in [-0.3, -0.25) is 9.59 Å². The zero-order valence-corrected chi connectivity index (χ0v) is 13.6. The molecule has 22 heavy (non-hydrogen) atoms. The Bertz CT molecular complexity index is 526. The van der Waals surface area contributed by atoms with Crippen molar-refractivity contribution < 1.29 is 14.3 Å². The number of anilines is 1. The number of amides is 1. The summed E-state index contributed by atoms with van der Waals surface area (Å²) in [5.74, 6) is -0.265. The molecule has 4 nitrogen and oxygen atoms in total. The number of carbonyl (C=O) groups excluding carboxylic acids is 2. The lowest BCUT2D eigenvalue weighted by molar-refractivity contribution is -0.154. The van der Waals surface area contributed by atoms with Gasteiger partial charge in [-0.15, -0.1) is 0 Å². The summed E-state index contributed by atoms with van der Waals surface area (Å²) in [6.07, 6.45) is 5.35. The summed E-state index contributed by atoms with van der Waals surface area (Å²) in [5, 5.41) is 3.13. The number of hydrogen-bond donors (Lipinski definition) is 1. The van der Waals surface area contributed by atoms with E-state index >= 15 is 0 Å². The average molecular weight is 324 g/mol. The van der Waals surface area contributed by atoms with Crippen molar-refractivity contribution in [2.75, 3.05) is 5.32 Å². The number of esters is 1. The third kappa shape index (κ3) is 5.02. The number of ether oxygens (including phenoxy) is 1. The summed E-state index contributed by atoms with van der Waals surface area (Å²) in [7, 11) is 0. The molecule has 1 N–H and O–H groups in total. The van der Waals surface area contributed by atoms with E-state index in [1.165, 1.54) is 19.3 Å². The van der Waals surface area contributed by atoms with Crippen molar-refractivity contribution in [1.82, 2.24) is 0 Å². The first-order valence-corrected chi connectivity index (χ1v) is 8.19. The van der Waals surface area contributed by atoms with Crippen LogP contribution in [0.3, 0.4) is 0 Å².